The molecule has 6 N–H and O–H groups in total. The highest BCUT2D eigenvalue weighted by atomic mass is 35.5. The Labute approximate surface area is 155 Å². The molecule has 0 saturated carbocycles. The van der Waals surface area contributed by atoms with E-state index in [9.17, 15) is 4.79 Å². The maximum atomic E-state index is 11.4. The van der Waals surface area contributed by atoms with Crippen LogP contribution < -0.4 is 17.2 Å². The Morgan fingerprint density at radius 2 is 1.42 bits per heavy atom. The van der Waals surface area contributed by atoms with Crippen LogP contribution in [-0.4, -0.2) is 11.4 Å². The first-order chi connectivity index (χ1) is 10.4. The van der Waals surface area contributed by atoms with Gasteiger partial charge in [0.25, 0.3) is 0 Å². The highest BCUT2D eigenvalue weighted by molar-refractivity contribution is 5.86. The first kappa shape index (κ1) is 22.4. The lowest BCUT2D eigenvalue weighted by atomic mass is 9.87. The van der Waals surface area contributed by atoms with Crippen LogP contribution in [0.4, 0.5) is 0 Å². The van der Waals surface area contributed by atoms with E-state index in [2.05, 4.69) is 12.1 Å². The van der Waals surface area contributed by atoms with Gasteiger partial charge in [-0.05, 0) is 36.5 Å². The molecule has 2 atom stereocenters. The van der Waals surface area contributed by atoms with E-state index in [-0.39, 0.29) is 24.8 Å². The average molecular weight is 370 g/mol. The second-order valence-electron chi connectivity index (χ2n) is 5.85. The number of nitrogens with two attached hydrogens (primary N) is 3. The fourth-order valence-corrected chi connectivity index (χ4v) is 2.32. The lowest BCUT2D eigenvalue weighted by Crippen LogP contribution is -2.56. The number of carbonyl (C=O) groups excluding carboxylic acids is 1. The molecule has 0 aliphatic carbocycles. The number of amides is 1. The van der Waals surface area contributed by atoms with E-state index in [4.69, 9.17) is 17.2 Å². The van der Waals surface area contributed by atoms with Crippen molar-refractivity contribution in [3.05, 3.63) is 71.3 Å². The van der Waals surface area contributed by atoms with Gasteiger partial charge in [0.2, 0.25) is 5.91 Å². The molecule has 1 amide bonds. The second kappa shape index (κ2) is 9.64. The average Bonchev–Trinajstić information content (AvgIpc) is 2.53. The minimum Gasteiger partial charge on any atom is -0.368 e. The fourth-order valence-electron chi connectivity index (χ4n) is 2.32. The topological polar surface area (TPSA) is 95.1 Å². The molecular formula is C18H25Cl2N3O. The molecule has 0 fully saturated rings. The van der Waals surface area contributed by atoms with Crippen molar-refractivity contribution >= 4 is 30.7 Å². The van der Waals surface area contributed by atoms with Crippen molar-refractivity contribution in [1.29, 1.82) is 0 Å². The molecule has 0 aromatic heterocycles. The Hall–Kier alpha value is -1.59. The summed E-state index contributed by atoms with van der Waals surface area (Å²) in [5.74, 6) is -0.604. The molecule has 0 bridgehead atoms. The lowest BCUT2D eigenvalue weighted by Gasteiger charge is -2.28. The fraction of sp³-hybridized carbons (Fsp3) is 0.278. The summed E-state index contributed by atoms with van der Waals surface area (Å²) in [5, 5.41) is 0. The predicted octanol–water partition coefficient (Wildman–Crippen LogP) is 2.52. The minimum atomic E-state index is -1.26. The molecule has 2 unspecified atom stereocenters. The van der Waals surface area contributed by atoms with Gasteiger partial charge in [-0.1, -0.05) is 54.6 Å². The van der Waals surface area contributed by atoms with Crippen LogP contribution in [-0.2, 0) is 17.6 Å². The molecule has 2 rings (SSSR count). The van der Waals surface area contributed by atoms with Crippen LogP contribution in [0.5, 0.6) is 0 Å². The number of carbonyl (C=O) groups is 1. The van der Waals surface area contributed by atoms with Crippen LogP contribution in [0.25, 0.3) is 0 Å². The van der Waals surface area contributed by atoms with E-state index in [1.807, 2.05) is 42.5 Å². The highest BCUT2D eigenvalue weighted by Gasteiger charge is 2.34. The maximum Gasteiger partial charge on any atom is 0.239 e. The van der Waals surface area contributed by atoms with Crippen LogP contribution in [0.2, 0.25) is 0 Å². The number of primary amides is 1. The molecule has 2 aromatic rings. The van der Waals surface area contributed by atoms with Crippen molar-refractivity contribution in [2.24, 2.45) is 17.2 Å². The van der Waals surface area contributed by atoms with Gasteiger partial charge in [0.15, 0.2) is 0 Å². The summed E-state index contributed by atoms with van der Waals surface area (Å²) in [6, 6.07) is 17.6. The third-order valence-electron chi connectivity index (χ3n) is 4.06. The Morgan fingerprint density at radius 1 is 0.958 bits per heavy atom. The van der Waals surface area contributed by atoms with E-state index in [0.717, 1.165) is 18.4 Å². The van der Waals surface area contributed by atoms with E-state index >= 15 is 0 Å². The summed E-state index contributed by atoms with van der Waals surface area (Å²) < 4.78 is 0. The summed E-state index contributed by atoms with van der Waals surface area (Å²) >= 11 is 0. The number of hydrogen-bond acceptors (Lipinski definition) is 3. The van der Waals surface area contributed by atoms with Gasteiger partial charge in [0, 0.05) is 0 Å². The van der Waals surface area contributed by atoms with Crippen molar-refractivity contribution in [3.8, 4) is 0 Å². The first-order valence-corrected chi connectivity index (χ1v) is 7.38. The van der Waals surface area contributed by atoms with Gasteiger partial charge in [-0.25, -0.2) is 0 Å². The molecule has 2 aromatic carbocycles. The van der Waals surface area contributed by atoms with Gasteiger partial charge in [-0.3, -0.25) is 4.79 Å². The van der Waals surface area contributed by atoms with Crippen molar-refractivity contribution in [3.63, 3.8) is 0 Å². The number of halogens is 2. The van der Waals surface area contributed by atoms with E-state index in [1.165, 1.54) is 11.1 Å². The maximum absolute atomic E-state index is 11.4. The van der Waals surface area contributed by atoms with Gasteiger partial charge in [0.1, 0.15) is 5.54 Å². The number of benzene rings is 2. The Balaban J connectivity index is 0.00000264. The van der Waals surface area contributed by atoms with Crippen LogP contribution in [0.1, 0.15) is 29.7 Å². The lowest BCUT2D eigenvalue weighted by molar-refractivity contribution is -0.123. The predicted molar refractivity (Wildman–Crippen MR) is 104 cm³/mol. The second-order valence-corrected chi connectivity index (χ2v) is 5.85. The zero-order valence-electron chi connectivity index (χ0n) is 13.6. The minimum absolute atomic E-state index is 0. The number of aryl methyl sites for hydroxylation is 2. The van der Waals surface area contributed by atoms with Crippen molar-refractivity contribution < 1.29 is 4.79 Å². The molecule has 0 aliphatic heterocycles. The zero-order valence-corrected chi connectivity index (χ0v) is 15.3. The molecular weight excluding hydrogens is 345 g/mol. The molecule has 0 saturated heterocycles. The van der Waals surface area contributed by atoms with Gasteiger partial charge in [-0.15, -0.1) is 24.8 Å². The Bertz CT molecular complexity index is 630. The molecule has 4 nitrogen and oxygen atoms in total. The third kappa shape index (κ3) is 5.49. The number of rotatable bonds is 6. The van der Waals surface area contributed by atoms with E-state index in [1.54, 1.807) is 6.92 Å². The van der Waals surface area contributed by atoms with Crippen LogP contribution >= 0.6 is 24.8 Å². The van der Waals surface area contributed by atoms with Crippen LogP contribution in [0.15, 0.2) is 54.6 Å². The van der Waals surface area contributed by atoms with Gasteiger partial charge >= 0.3 is 0 Å². The van der Waals surface area contributed by atoms with E-state index < -0.39 is 17.5 Å². The summed E-state index contributed by atoms with van der Waals surface area (Å²) in [6.07, 6.45) is 1.94. The van der Waals surface area contributed by atoms with Gasteiger partial charge in [-0.2, -0.15) is 0 Å². The van der Waals surface area contributed by atoms with Gasteiger partial charge < -0.3 is 17.2 Å². The summed E-state index contributed by atoms with van der Waals surface area (Å²) in [4.78, 5) is 11.4. The van der Waals surface area contributed by atoms with Crippen molar-refractivity contribution in [1.82, 2.24) is 0 Å². The summed E-state index contributed by atoms with van der Waals surface area (Å²) in [5.41, 5.74) is 19.4. The normalized spacial score (nSPS) is 13.8. The molecule has 132 valence electrons. The first-order valence-electron chi connectivity index (χ1n) is 7.38. The van der Waals surface area contributed by atoms with Crippen LogP contribution in [0.3, 0.4) is 0 Å². The monoisotopic (exact) mass is 369 g/mol. The molecule has 0 radical (unpaired) electrons. The third-order valence-corrected chi connectivity index (χ3v) is 4.06. The largest absolute Gasteiger partial charge is 0.368 e. The molecule has 24 heavy (non-hydrogen) atoms. The summed E-state index contributed by atoms with van der Waals surface area (Å²) in [7, 11) is 0. The number of hydrogen-bond donors (Lipinski definition) is 3. The Kier molecular flexibility index (Phi) is 9.01. The zero-order chi connectivity index (χ0) is 16.2. The smallest absolute Gasteiger partial charge is 0.239 e. The molecule has 0 spiro atoms. The van der Waals surface area contributed by atoms with Gasteiger partial charge in [0.05, 0.1) is 6.04 Å². The SMILES string of the molecule is CC(N)(C(N)=O)C(N)c1ccc(CCc2ccccc2)cc1.Cl.Cl. The highest BCUT2D eigenvalue weighted by Crippen LogP contribution is 2.22. The molecule has 6 heteroatoms. The molecule has 0 heterocycles. The van der Waals surface area contributed by atoms with E-state index in [0.29, 0.717) is 0 Å². The van der Waals surface area contributed by atoms with Crippen molar-refractivity contribution in [2.45, 2.75) is 31.3 Å². The quantitative estimate of drug-likeness (QED) is 0.729. The van der Waals surface area contributed by atoms with Crippen molar-refractivity contribution in [2.75, 3.05) is 0 Å². The molecule has 0 aliphatic rings. The Morgan fingerprint density at radius 3 is 1.88 bits per heavy atom. The van der Waals surface area contributed by atoms with Crippen LogP contribution in [0, 0.1) is 0 Å². The standard InChI is InChI=1S/C18H23N3O.2ClH/c1-18(21,17(20)22)16(19)15-11-9-14(10-12-15)8-7-13-5-3-2-4-6-13;;/h2-6,9-12,16H,7-8,19,21H2,1H3,(H2,20,22);2*1H. The summed E-state index contributed by atoms with van der Waals surface area (Å²) in [6.45, 7) is 1.56.